The van der Waals surface area contributed by atoms with Crippen LogP contribution in [0.4, 0.5) is 0 Å². The van der Waals surface area contributed by atoms with Crippen molar-refractivity contribution in [2.24, 2.45) is 5.92 Å². The van der Waals surface area contributed by atoms with Gasteiger partial charge in [-0.15, -0.1) is 0 Å². The van der Waals surface area contributed by atoms with E-state index in [1.54, 1.807) is 0 Å². The molecule has 4 heteroatoms. The van der Waals surface area contributed by atoms with Crippen molar-refractivity contribution in [2.75, 3.05) is 6.61 Å². The zero-order chi connectivity index (χ0) is 18.8. The van der Waals surface area contributed by atoms with Gasteiger partial charge in [-0.25, -0.2) is 0 Å². The van der Waals surface area contributed by atoms with E-state index in [-0.39, 0.29) is 11.1 Å². The van der Waals surface area contributed by atoms with Gasteiger partial charge in [0.25, 0.3) is 8.32 Å². The Hall–Kier alpha value is -1.46. The van der Waals surface area contributed by atoms with Crippen molar-refractivity contribution < 1.29 is 14.3 Å². The Morgan fingerprint density at radius 2 is 1.50 bits per heavy atom. The fraction of sp³-hybridized carbons (Fsp3) is 0.455. The summed E-state index contributed by atoms with van der Waals surface area (Å²) in [5.74, 6) is 0.295. The highest BCUT2D eigenvalue weighted by molar-refractivity contribution is 6.99. The highest BCUT2D eigenvalue weighted by Gasteiger charge is 2.50. The van der Waals surface area contributed by atoms with Gasteiger partial charge in [-0.1, -0.05) is 88.4 Å². The topological polar surface area (TPSA) is 38.7 Å². The van der Waals surface area contributed by atoms with Crippen molar-refractivity contribution in [1.29, 1.82) is 0 Å². The zero-order valence-corrected chi connectivity index (χ0v) is 17.2. The van der Waals surface area contributed by atoms with Crippen LogP contribution in [0.3, 0.4) is 0 Å². The van der Waals surface area contributed by atoms with Gasteiger partial charge >= 0.3 is 0 Å². The van der Waals surface area contributed by atoms with Crippen molar-refractivity contribution in [1.82, 2.24) is 0 Å². The average molecular weight is 371 g/mol. The Labute approximate surface area is 158 Å². The summed E-state index contributed by atoms with van der Waals surface area (Å²) < 4.78 is 12.6. The van der Waals surface area contributed by atoms with Crippen LogP contribution in [0.2, 0.25) is 5.04 Å². The Morgan fingerprint density at radius 3 is 1.88 bits per heavy atom. The molecule has 0 saturated carbocycles. The van der Waals surface area contributed by atoms with Gasteiger partial charge in [0.05, 0.1) is 12.7 Å². The predicted molar refractivity (Wildman–Crippen MR) is 108 cm³/mol. The summed E-state index contributed by atoms with van der Waals surface area (Å²) in [6.45, 7) is 9.44. The number of hydrogen-bond acceptors (Lipinski definition) is 3. The summed E-state index contributed by atoms with van der Waals surface area (Å²) in [6.07, 6.45) is -0.0567. The second-order valence-electron chi connectivity index (χ2n) is 8.32. The van der Waals surface area contributed by atoms with Crippen LogP contribution < -0.4 is 10.4 Å². The average Bonchev–Trinajstić information content (AvgIpc) is 2.94. The molecule has 2 aromatic carbocycles. The van der Waals surface area contributed by atoms with E-state index in [4.69, 9.17) is 9.16 Å². The third-order valence-electron chi connectivity index (χ3n) is 5.42. The Bertz CT molecular complexity index is 657. The molecule has 3 rings (SSSR count). The summed E-state index contributed by atoms with van der Waals surface area (Å²) in [7, 11) is -2.53. The second-order valence-corrected chi connectivity index (χ2v) is 12.6. The quantitative estimate of drug-likeness (QED) is 0.821. The van der Waals surface area contributed by atoms with E-state index < -0.39 is 14.6 Å². The maximum atomic E-state index is 9.83. The number of hydrogen-bond donors (Lipinski definition) is 1. The molecule has 3 nitrogen and oxygen atoms in total. The smallest absolute Gasteiger partial charge is 0.261 e. The molecule has 1 aliphatic heterocycles. The maximum Gasteiger partial charge on any atom is 0.261 e. The van der Waals surface area contributed by atoms with E-state index in [2.05, 4.69) is 88.4 Å². The molecular formula is C22H30O3Si. The molecule has 0 bridgehead atoms. The summed E-state index contributed by atoms with van der Waals surface area (Å²) >= 11 is 0. The molecule has 0 aliphatic carbocycles. The molecule has 26 heavy (non-hydrogen) atoms. The highest BCUT2D eigenvalue weighted by Crippen LogP contribution is 2.37. The second kappa shape index (κ2) is 7.65. The van der Waals surface area contributed by atoms with Crippen LogP contribution in [0.15, 0.2) is 60.7 Å². The van der Waals surface area contributed by atoms with Gasteiger partial charge in [0.2, 0.25) is 0 Å². The van der Waals surface area contributed by atoms with Gasteiger partial charge in [0.15, 0.2) is 6.29 Å². The maximum absolute atomic E-state index is 9.83. The van der Waals surface area contributed by atoms with E-state index in [1.165, 1.54) is 10.4 Å². The van der Waals surface area contributed by atoms with E-state index in [9.17, 15) is 5.11 Å². The zero-order valence-electron chi connectivity index (χ0n) is 16.2. The van der Waals surface area contributed by atoms with Crippen molar-refractivity contribution >= 4 is 18.7 Å². The Balaban J connectivity index is 2.03. The van der Waals surface area contributed by atoms with Crippen molar-refractivity contribution in [2.45, 2.75) is 51.5 Å². The molecular weight excluding hydrogens is 340 g/mol. The first-order valence-corrected chi connectivity index (χ1v) is 11.3. The van der Waals surface area contributed by atoms with Crippen LogP contribution in [0.1, 0.15) is 34.1 Å². The monoisotopic (exact) mass is 370 g/mol. The van der Waals surface area contributed by atoms with E-state index in [0.29, 0.717) is 18.9 Å². The largest absolute Gasteiger partial charge is 0.405 e. The molecule has 2 aromatic rings. The summed E-state index contributed by atoms with van der Waals surface area (Å²) in [4.78, 5) is 0. The molecule has 1 heterocycles. The minimum atomic E-state index is -2.53. The molecule has 1 fully saturated rings. The first kappa shape index (κ1) is 19.3. The van der Waals surface area contributed by atoms with E-state index in [1.807, 2.05) is 0 Å². The standard InChI is InChI=1S/C22H30O3Si/c1-17-15-21(23)25-20(17)16-24-26(22(2,3)4,18-11-7-5-8-12-18)19-13-9-6-10-14-19/h5-14,17,20-21,23H,15-16H2,1-4H3/t17-,20+,21-/m0/s1. The van der Waals surface area contributed by atoms with Crippen LogP contribution >= 0.6 is 0 Å². The number of rotatable bonds is 5. The first-order chi connectivity index (χ1) is 12.3. The number of ether oxygens (including phenoxy) is 1. The molecule has 1 saturated heterocycles. The molecule has 0 amide bonds. The molecule has 0 unspecified atom stereocenters. The summed E-state index contributed by atoms with van der Waals surface area (Å²) in [6, 6.07) is 21.2. The Morgan fingerprint density at radius 1 is 1.00 bits per heavy atom. The predicted octanol–water partition coefficient (Wildman–Crippen LogP) is 3.31. The number of benzene rings is 2. The molecule has 140 valence electrons. The minimum absolute atomic E-state index is 0.0455. The van der Waals surface area contributed by atoms with Crippen LogP contribution in [0, 0.1) is 5.92 Å². The fourth-order valence-electron chi connectivity index (χ4n) is 4.03. The summed E-state index contributed by atoms with van der Waals surface area (Å²) in [5, 5.41) is 12.3. The van der Waals surface area contributed by atoms with Crippen LogP contribution in [0.5, 0.6) is 0 Å². The lowest BCUT2D eigenvalue weighted by atomic mass is 10.1. The van der Waals surface area contributed by atoms with Crippen LogP contribution in [0.25, 0.3) is 0 Å². The van der Waals surface area contributed by atoms with Crippen molar-refractivity contribution in [3.8, 4) is 0 Å². The normalized spacial score (nSPS) is 24.0. The van der Waals surface area contributed by atoms with Gasteiger partial charge in [-0.3, -0.25) is 0 Å². The third-order valence-corrected chi connectivity index (χ3v) is 10.4. The van der Waals surface area contributed by atoms with Crippen LogP contribution in [-0.4, -0.2) is 32.4 Å². The van der Waals surface area contributed by atoms with E-state index >= 15 is 0 Å². The fourth-order valence-corrected chi connectivity index (χ4v) is 8.60. The van der Waals surface area contributed by atoms with Gasteiger partial charge in [-0.05, 0) is 21.3 Å². The molecule has 1 N–H and O–H groups in total. The highest BCUT2D eigenvalue weighted by atomic mass is 28.4. The lowest BCUT2D eigenvalue weighted by Crippen LogP contribution is -2.67. The molecule has 3 atom stereocenters. The van der Waals surface area contributed by atoms with Gasteiger partial charge < -0.3 is 14.3 Å². The van der Waals surface area contributed by atoms with E-state index in [0.717, 1.165) is 0 Å². The van der Waals surface area contributed by atoms with Gasteiger partial charge in [0.1, 0.15) is 0 Å². The lowest BCUT2D eigenvalue weighted by Gasteiger charge is -2.43. The van der Waals surface area contributed by atoms with Crippen LogP contribution in [-0.2, 0) is 9.16 Å². The Kier molecular flexibility index (Phi) is 5.68. The van der Waals surface area contributed by atoms with Crippen molar-refractivity contribution in [3.63, 3.8) is 0 Å². The molecule has 0 spiro atoms. The SMILES string of the molecule is C[C@H]1C[C@@H](O)O[C@@H]1CO[Si](c1ccccc1)(c1ccccc1)C(C)(C)C. The van der Waals surface area contributed by atoms with Crippen molar-refractivity contribution in [3.05, 3.63) is 60.7 Å². The molecule has 0 aromatic heterocycles. The molecule has 0 radical (unpaired) electrons. The number of aliphatic hydroxyl groups is 1. The summed E-state index contributed by atoms with van der Waals surface area (Å²) in [5.41, 5.74) is 0. The number of aliphatic hydroxyl groups excluding tert-OH is 1. The third kappa shape index (κ3) is 3.65. The lowest BCUT2D eigenvalue weighted by molar-refractivity contribution is -0.101. The first-order valence-electron chi connectivity index (χ1n) is 9.43. The molecule has 1 aliphatic rings. The minimum Gasteiger partial charge on any atom is -0.405 e. The van der Waals surface area contributed by atoms with Gasteiger partial charge in [0, 0.05) is 6.42 Å². The van der Waals surface area contributed by atoms with Gasteiger partial charge in [-0.2, -0.15) is 0 Å².